The van der Waals surface area contributed by atoms with Crippen LogP contribution in [0.15, 0.2) is 24.5 Å². The van der Waals surface area contributed by atoms with Crippen LogP contribution in [0.4, 0.5) is 20.3 Å². The predicted molar refractivity (Wildman–Crippen MR) is 96.8 cm³/mol. The maximum Gasteiger partial charge on any atom is 0.358 e. The van der Waals surface area contributed by atoms with Crippen LogP contribution in [0, 0.1) is 11.6 Å². The summed E-state index contributed by atoms with van der Waals surface area (Å²) >= 11 is 5.73. The van der Waals surface area contributed by atoms with E-state index < -0.39 is 23.2 Å². The molecule has 0 aliphatic rings. The fourth-order valence-electron chi connectivity index (χ4n) is 2.33. The molecule has 0 bridgehead atoms. The predicted octanol–water partition coefficient (Wildman–Crippen LogP) is 3.73. The zero-order valence-electron chi connectivity index (χ0n) is 14.7. The molecular formula is C17H14ClF2N5O3. The van der Waals surface area contributed by atoms with Crippen molar-refractivity contribution < 1.29 is 23.0 Å². The fourth-order valence-corrected chi connectivity index (χ4v) is 2.49. The summed E-state index contributed by atoms with van der Waals surface area (Å²) in [5.41, 5.74) is -0.214. The molecule has 0 saturated carbocycles. The Kier molecular flexibility index (Phi) is 5.69. The zero-order valence-corrected chi connectivity index (χ0v) is 15.5. The third kappa shape index (κ3) is 3.72. The monoisotopic (exact) mass is 409 g/mol. The molecule has 0 aliphatic heterocycles. The van der Waals surface area contributed by atoms with Crippen molar-refractivity contribution in [1.82, 2.24) is 20.2 Å². The molecule has 0 atom stereocenters. The van der Waals surface area contributed by atoms with E-state index in [1.807, 2.05) is 0 Å². The van der Waals surface area contributed by atoms with Crippen molar-refractivity contribution in [2.75, 3.05) is 19.0 Å². The number of aromatic amines is 1. The highest BCUT2D eigenvalue weighted by Crippen LogP contribution is 2.32. The molecule has 3 rings (SSSR count). The van der Waals surface area contributed by atoms with E-state index in [1.54, 1.807) is 6.92 Å². The average molecular weight is 410 g/mol. The number of carbonyl (C=O) groups excluding carboxylic acids is 1. The molecule has 0 amide bonds. The number of hydrogen-bond donors (Lipinski definition) is 2. The normalized spacial score (nSPS) is 10.6. The number of halogens is 3. The lowest BCUT2D eigenvalue weighted by Gasteiger charge is -2.12. The van der Waals surface area contributed by atoms with Gasteiger partial charge >= 0.3 is 5.97 Å². The summed E-state index contributed by atoms with van der Waals surface area (Å²) < 4.78 is 38.6. The molecule has 28 heavy (non-hydrogen) atoms. The van der Waals surface area contributed by atoms with E-state index in [-0.39, 0.29) is 40.4 Å². The van der Waals surface area contributed by atoms with Crippen molar-refractivity contribution in [2.45, 2.75) is 6.92 Å². The lowest BCUT2D eigenvalue weighted by atomic mass is 10.2. The Morgan fingerprint density at radius 3 is 2.82 bits per heavy atom. The minimum absolute atomic E-state index is 0.0455. The number of ether oxygens (including phenoxy) is 2. The summed E-state index contributed by atoms with van der Waals surface area (Å²) in [6.07, 6.45) is 2.56. The van der Waals surface area contributed by atoms with Crippen LogP contribution in [-0.4, -0.2) is 39.9 Å². The van der Waals surface area contributed by atoms with Gasteiger partial charge in [0, 0.05) is 0 Å². The molecule has 2 N–H and O–H groups in total. The number of H-pyrrole nitrogens is 1. The molecule has 0 aliphatic carbocycles. The van der Waals surface area contributed by atoms with Crippen LogP contribution in [0.1, 0.15) is 17.4 Å². The number of benzene rings is 1. The van der Waals surface area contributed by atoms with Crippen LogP contribution in [0.3, 0.4) is 0 Å². The smallest absolute Gasteiger partial charge is 0.358 e. The molecule has 0 saturated heterocycles. The highest BCUT2D eigenvalue weighted by molar-refractivity contribution is 6.31. The van der Waals surface area contributed by atoms with Gasteiger partial charge in [-0.3, -0.25) is 5.10 Å². The number of aromatic nitrogens is 4. The maximum atomic E-state index is 14.3. The Hall–Kier alpha value is -3.27. The Labute approximate surface area is 162 Å². The first-order valence-electron chi connectivity index (χ1n) is 7.98. The summed E-state index contributed by atoms with van der Waals surface area (Å²) in [5.74, 6) is -2.55. The molecule has 8 nitrogen and oxygen atoms in total. The Morgan fingerprint density at radius 2 is 2.11 bits per heavy atom. The second-order valence-electron chi connectivity index (χ2n) is 5.33. The second-order valence-corrected chi connectivity index (χ2v) is 5.74. The van der Waals surface area contributed by atoms with Crippen molar-refractivity contribution >= 4 is 29.1 Å². The van der Waals surface area contributed by atoms with Crippen LogP contribution in [0.2, 0.25) is 5.02 Å². The number of rotatable bonds is 6. The summed E-state index contributed by atoms with van der Waals surface area (Å²) in [5, 5.41) is 8.85. The van der Waals surface area contributed by atoms with Crippen molar-refractivity contribution in [2.24, 2.45) is 0 Å². The second kappa shape index (κ2) is 8.17. The minimum Gasteiger partial charge on any atom is -0.491 e. The Bertz CT molecular complexity index is 1030. The van der Waals surface area contributed by atoms with Gasteiger partial charge in [0.1, 0.15) is 5.82 Å². The molecule has 0 radical (unpaired) electrons. The third-order valence-electron chi connectivity index (χ3n) is 3.61. The molecular weight excluding hydrogens is 396 g/mol. The van der Waals surface area contributed by atoms with Crippen LogP contribution < -0.4 is 10.1 Å². The van der Waals surface area contributed by atoms with Crippen LogP contribution in [0.5, 0.6) is 5.75 Å². The lowest BCUT2D eigenvalue weighted by Crippen LogP contribution is -2.09. The van der Waals surface area contributed by atoms with Gasteiger partial charge in [-0.2, -0.15) is 5.10 Å². The first-order chi connectivity index (χ1) is 13.5. The SMILES string of the molecule is CCOC(=O)c1[nH]ncc1Nc1nc(-c2c(F)ccc(Cl)c2F)ncc1OC. The molecule has 0 unspecified atom stereocenters. The van der Waals surface area contributed by atoms with Crippen molar-refractivity contribution in [3.63, 3.8) is 0 Å². The largest absolute Gasteiger partial charge is 0.491 e. The van der Waals surface area contributed by atoms with Crippen LogP contribution >= 0.6 is 11.6 Å². The van der Waals surface area contributed by atoms with Crippen LogP contribution in [-0.2, 0) is 4.74 Å². The van der Waals surface area contributed by atoms with Gasteiger partial charge in [-0.05, 0) is 19.1 Å². The minimum atomic E-state index is -0.992. The number of anilines is 2. The number of nitrogens with one attached hydrogen (secondary N) is 2. The molecule has 3 aromatic rings. The van der Waals surface area contributed by atoms with Gasteiger partial charge in [0.2, 0.25) is 0 Å². The first-order valence-corrected chi connectivity index (χ1v) is 8.36. The number of methoxy groups -OCH3 is 1. The van der Waals surface area contributed by atoms with Gasteiger partial charge in [0.15, 0.2) is 28.9 Å². The van der Waals surface area contributed by atoms with Gasteiger partial charge in [0.05, 0.1) is 42.4 Å². The molecule has 2 aromatic heterocycles. The molecule has 11 heteroatoms. The number of hydrogen-bond acceptors (Lipinski definition) is 7. The van der Waals surface area contributed by atoms with Gasteiger partial charge in [0.25, 0.3) is 0 Å². The van der Waals surface area contributed by atoms with Gasteiger partial charge in [-0.25, -0.2) is 23.5 Å². The highest BCUT2D eigenvalue weighted by Gasteiger charge is 2.21. The molecule has 1 aromatic carbocycles. The third-order valence-corrected chi connectivity index (χ3v) is 3.91. The zero-order chi connectivity index (χ0) is 20.3. The Morgan fingerprint density at radius 1 is 1.32 bits per heavy atom. The highest BCUT2D eigenvalue weighted by atomic mass is 35.5. The van der Waals surface area contributed by atoms with Crippen LogP contribution in [0.25, 0.3) is 11.4 Å². The van der Waals surface area contributed by atoms with E-state index in [2.05, 4.69) is 25.5 Å². The van der Waals surface area contributed by atoms with E-state index in [0.717, 1.165) is 12.1 Å². The maximum absolute atomic E-state index is 14.3. The number of nitrogens with zero attached hydrogens (tertiary/aromatic N) is 3. The topological polar surface area (TPSA) is 102 Å². The summed E-state index contributed by atoms with van der Waals surface area (Å²) in [6, 6.07) is 2.10. The quantitative estimate of drug-likeness (QED) is 0.472. The molecule has 2 heterocycles. The standard InChI is InChI=1S/C17H14ClF2N5O3/c1-3-28-17(26)14-10(6-22-25-14)23-15-11(27-2)7-21-16(24-15)12-9(19)5-4-8(18)13(12)20/h4-7H,3H2,1-2H3,(H,22,25)(H,21,23,24). The van der Waals surface area contributed by atoms with E-state index in [0.29, 0.717) is 0 Å². The van der Waals surface area contributed by atoms with E-state index in [9.17, 15) is 13.6 Å². The summed E-state index contributed by atoms with van der Waals surface area (Å²) in [4.78, 5) is 20.0. The van der Waals surface area contributed by atoms with Gasteiger partial charge in [-0.1, -0.05) is 11.6 Å². The fraction of sp³-hybridized carbons (Fsp3) is 0.176. The number of esters is 1. The van der Waals surface area contributed by atoms with E-state index >= 15 is 0 Å². The van der Waals surface area contributed by atoms with Gasteiger partial charge < -0.3 is 14.8 Å². The van der Waals surface area contributed by atoms with Crippen molar-refractivity contribution in [3.8, 4) is 17.1 Å². The Balaban J connectivity index is 2.04. The first kappa shape index (κ1) is 19.5. The summed E-state index contributed by atoms with van der Waals surface area (Å²) in [7, 11) is 1.37. The molecule has 0 fully saturated rings. The van der Waals surface area contributed by atoms with Crippen molar-refractivity contribution in [1.29, 1.82) is 0 Å². The van der Waals surface area contributed by atoms with E-state index in [1.165, 1.54) is 19.5 Å². The molecule has 0 spiro atoms. The van der Waals surface area contributed by atoms with Crippen molar-refractivity contribution in [3.05, 3.63) is 46.9 Å². The number of carbonyl (C=O) groups is 1. The van der Waals surface area contributed by atoms with E-state index in [4.69, 9.17) is 21.1 Å². The van der Waals surface area contributed by atoms with Gasteiger partial charge in [-0.15, -0.1) is 0 Å². The molecule has 146 valence electrons. The average Bonchev–Trinajstić information content (AvgIpc) is 3.14. The lowest BCUT2D eigenvalue weighted by molar-refractivity contribution is 0.0520. The summed E-state index contributed by atoms with van der Waals surface area (Å²) in [6.45, 7) is 1.83.